The van der Waals surface area contributed by atoms with E-state index in [0.717, 1.165) is 32.5 Å². The van der Waals surface area contributed by atoms with Crippen LogP contribution in [0.1, 0.15) is 25.3 Å². The number of rotatable bonds is 6. The Morgan fingerprint density at radius 2 is 2.10 bits per heavy atom. The summed E-state index contributed by atoms with van der Waals surface area (Å²) < 4.78 is 29.6. The lowest BCUT2D eigenvalue weighted by molar-refractivity contribution is -0.0509. The second-order valence-electron chi connectivity index (χ2n) is 5.17. The third-order valence-electron chi connectivity index (χ3n) is 3.84. The number of alkyl halides is 2. The van der Waals surface area contributed by atoms with Gasteiger partial charge in [0.25, 0.3) is 0 Å². The molecule has 0 radical (unpaired) electrons. The van der Waals surface area contributed by atoms with E-state index in [1.54, 1.807) is 12.1 Å². The Hall–Kier alpha value is -0.910. The molecule has 1 N–H and O–H groups in total. The molecule has 0 spiro atoms. The maximum Gasteiger partial charge on any atom is 0.387 e. The van der Waals surface area contributed by atoms with Gasteiger partial charge in [0.05, 0.1) is 0 Å². The SMILES string of the molecule is CCN(Cc1cc(Cl)ccc1OC(F)F)C1CCNCC1. The van der Waals surface area contributed by atoms with Crippen molar-refractivity contribution in [2.75, 3.05) is 19.6 Å². The second-order valence-corrected chi connectivity index (χ2v) is 5.61. The molecule has 3 nitrogen and oxygen atoms in total. The van der Waals surface area contributed by atoms with Gasteiger partial charge < -0.3 is 10.1 Å². The molecule has 1 aliphatic rings. The average molecular weight is 319 g/mol. The van der Waals surface area contributed by atoms with Gasteiger partial charge in [-0.25, -0.2) is 0 Å². The third kappa shape index (κ3) is 4.80. The molecule has 1 aliphatic heterocycles. The minimum Gasteiger partial charge on any atom is -0.434 e. The van der Waals surface area contributed by atoms with Crippen LogP contribution in [0.3, 0.4) is 0 Å². The van der Waals surface area contributed by atoms with Crippen molar-refractivity contribution in [1.82, 2.24) is 10.2 Å². The largest absolute Gasteiger partial charge is 0.434 e. The summed E-state index contributed by atoms with van der Waals surface area (Å²) >= 11 is 5.99. The van der Waals surface area contributed by atoms with E-state index in [2.05, 4.69) is 21.9 Å². The number of nitrogens with zero attached hydrogens (tertiary/aromatic N) is 1. The Kier molecular flexibility index (Phi) is 6.21. The molecule has 1 fully saturated rings. The van der Waals surface area contributed by atoms with E-state index in [-0.39, 0.29) is 5.75 Å². The predicted octanol–water partition coefficient (Wildman–Crippen LogP) is 3.52. The van der Waals surface area contributed by atoms with E-state index < -0.39 is 6.61 Å². The maximum atomic E-state index is 12.5. The van der Waals surface area contributed by atoms with Crippen molar-refractivity contribution in [1.29, 1.82) is 0 Å². The number of nitrogens with one attached hydrogen (secondary N) is 1. The zero-order valence-electron chi connectivity index (χ0n) is 12.1. The van der Waals surface area contributed by atoms with Crippen LogP contribution < -0.4 is 10.1 Å². The standard InChI is InChI=1S/C15H21ClF2N2O/c1-2-20(13-5-7-19-8-6-13)10-11-9-12(16)3-4-14(11)21-15(17)18/h3-4,9,13,15,19H,2,5-8,10H2,1H3. The highest BCUT2D eigenvalue weighted by molar-refractivity contribution is 6.30. The van der Waals surface area contributed by atoms with Crippen molar-refractivity contribution in [3.8, 4) is 5.75 Å². The summed E-state index contributed by atoms with van der Waals surface area (Å²) in [6.07, 6.45) is 2.14. The van der Waals surface area contributed by atoms with Crippen LogP contribution in [0.2, 0.25) is 5.02 Å². The van der Waals surface area contributed by atoms with Gasteiger partial charge in [0.1, 0.15) is 5.75 Å². The van der Waals surface area contributed by atoms with E-state index in [1.807, 2.05) is 0 Å². The third-order valence-corrected chi connectivity index (χ3v) is 4.08. The molecular weight excluding hydrogens is 298 g/mol. The summed E-state index contributed by atoms with van der Waals surface area (Å²) in [4.78, 5) is 2.30. The Morgan fingerprint density at radius 3 is 2.71 bits per heavy atom. The van der Waals surface area contributed by atoms with Gasteiger partial charge in [0, 0.05) is 23.2 Å². The summed E-state index contributed by atoms with van der Waals surface area (Å²) in [5.41, 5.74) is 0.711. The van der Waals surface area contributed by atoms with Gasteiger partial charge in [-0.2, -0.15) is 8.78 Å². The lowest BCUT2D eigenvalue weighted by Crippen LogP contribution is -2.42. The quantitative estimate of drug-likeness (QED) is 0.868. The summed E-state index contributed by atoms with van der Waals surface area (Å²) in [5.74, 6) is 0.210. The van der Waals surface area contributed by atoms with Crippen molar-refractivity contribution < 1.29 is 13.5 Å². The first-order chi connectivity index (χ1) is 10.1. The van der Waals surface area contributed by atoms with Crippen molar-refractivity contribution in [2.45, 2.75) is 39.0 Å². The molecule has 1 heterocycles. The van der Waals surface area contributed by atoms with Gasteiger partial charge in [0.15, 0.2) is 0 Å². The highest BCUT2D eigenvalue weighted by Gasteiger charge is 2.21. The molecule has 0 aromatic heterocycles. The molecule has 21 heavy (non-hydrogen) atoms. The van der Waals surface area contributed by atoms with Gasteiger partial charge in [-0.1, -0.05) is 18.5 Å². The lowest BCUT2D eigenvalue weighted by atomic mass is 10.0. The molecule has 0 saturated carbocycles. The fraction of sp³-hybridized carbons (Fsp3) is 0.600. The van der Waals surface area contributed by atoms with Crippen molar-refractivity contribution in [2.24, 2.45) is 0 Å². The number of halogens is 3. The van der Waals surface area contributed by atoms with E-state index in [0.29, 0.717) is 23.2 Å². The van der Waals surface area contributed by atoms with Gasteiger partial charge in [0.2, 0.25) is 0 Å². The molecular formula is C15H21ClF2N2O. The monoisotopic (exact) mass is 318 g/mol. The zero-order chi connectivity index (χ0) is 15.2. The van der Waals surface area contributed by atoms with Crippen molar-refractivity contribution >= 4 is 11.6 Å². The van der Waals surface area contributed by atoms with Crippen molar-refractivity contribution in [3.63, 3.8) is 0 Å². The van der Waals surface area contributed by atoms with Crippen LogP contribution in [-0.2, 0) is 6.54 Å². The van der Waals surface area contributed by atoms with Crippen LogP contribution in [-0.4, -0.2) is 37.2 Å². The fourth-order valence-corrected chi connectivity index (χ4v) is 2.97. The second kappa shape index (κ2) is 7.92. The van der Waals surface area contributed by atoms with Crippen LogP contribution in [0.5, 0.6) is 5.75 Å². The first-order valence-electron chi connectivity index (χ1n) is 7.28. The van der Waals surface area contributed by atoms with Gasteiger partial charge in [-0.15, -0.1) is 0 Å². The normalized spacial score (nSPS) is 16.7. The van der Waals surface area contributed by atoms with E-state index in [1.165, 1.54) is 6.07 Å². The number of hydrogen-bond donors (Lipinski definition) is 1. The summed E-state index contributed by atoms with van der Waals surface area (Å²) in [6.45, 7) is 2.70. The molecule has 0 amide bonds. The van der Waals surface area contributed by atoms with Crippen molar-refractivity contribution in [3.05, 3.63) is 28.8 Å². The van der Waals surface area contributed by atoms with Crippen LogP contribution >= 0.6 is 11.6 Å². The minimum atomic E-state index is -2.82. The zero-order valence-corrected chi connectivity index (χ0v) is 12.9. The molecule has 2 rings (SSSR count). The Labute approximate surface area is 129 Å². The number of benzene rings is 1. The Bertz CT molecular complexity index is 453. The molecule has 0 atom stereocenters. The first kappa shape index (κ1) is 16.5. The topological polar surface area (TPSA) is 24.5 Å². The molecule has 6 heteroatoms. The molecule has 118 valence electrons. The molecule has 1 saturated heterocycles. The number of ether oxygens (including phenoxy) is 1. The van der Waals surface area contributed by atoms with E-state index in [4.69, 9.17) is 11.6 Å². The number of hydrogen-bond acceptors (Lipinski definition) is 3. The highest BCUT2D eigenvalue weighted by atomic mass is 35.5. The van der Waals surface area contributed by atoms with Crippen LogP contribution in [0, 0.1) is 0 Å². The smallest absolute Gasteiger partial charge is 0.387 e. The highest BCUT2D eigenvalue weighted by Crippen LogP contribution is 2.27. The molecule has 0 unspecified atom stereocenters. The lowest BCUT2D eigenvalue weighted by Gasteiger charge is -2.34. The molecule has 1 aromatic carbocycles. The minimum absolute atomic E-state index is 0.210. The molecule has 0 bridgehead atoms. The Balaban J connectivity index is 2.13. The van der Waals surface area contributed by atoms with Gasteiger partial charge >= 0.3 is 6.61 Å². The van der Waals surface area contributed by atoms with Gasteiger partial charge in [-0.3, -0.25) is 4.90 Å². The number of piperidine rings is 1. The fourth-order valence-electron chi connectivity index (χ4n) is 2.77. The first-order valence-corrected chi connectivity index (χ1v) is 7.66. The summed E-state index contributed by atoms with van der Waals surface area (Å²) in [6, 6.07) is 5.27. The average Bonchev–Trinajstić information content (AvgIpc) is 2.48. The summed E-state index contributed by atoms with van der Waals surface area (Å²) in [5, 5.41) is 3.87. The van der Waals surface area contributed by atoms with Crippen LogP contribution in [0.15, 0.2) is 18.2 Å². The predicted molar refractivity (Wildman–Crippen MR) is 80.1 cm³/mol. The molecule has 1 aromatic rings. The Morgan fingerprint density at radius 1 is 1.38 bits per heavy atom. The summed E-state index contributed by atoms with van der Waals surface area (Å²) in [7, 11) is 0. The van der Waals surface area contributed by atoms with Crippen LogP contribution in [0.25, 0.3) is 0 Å². The maximum absolute atomic E-state index is 12.5. The van der Waals surface area contributed by atoms with E-state index >= 15 is 0 Å². The van der Waals surface area contributed by atoms with Gasteiger partial charge in [-0.05, 0) is 50.7 Å². The van der Waals surface area contributed by atoms with Crippen LogP contribution in [0.4, 0.5) is 8.78 Å². The molecule has 0 aliphatic carbocycles. The van der Waals surface area contributed by atoms with E-state index in [9.17, 15) is 8.78 Å².